The molecule has 2 aromatic heterocycles. The fraction of sp³-hybridized carbons (Fsp3) is 0.250. The van der Waals surface area contributed by atoms with Gasteiger partial charge in [0.1, 0.15) is 11.5 Å². The van der Waals surface area contributed by atoms with Crippen molar-refractivity contribution in [1.82, 2.24) is 10.3 Å². The molecule has 1 aliphatic heterocycles. The summed E-state index contributed by atoms with van der Waals surface area (Å²) in [6, 6.07) is 13.6. The van der Waals surface area contributed by atoms with E-state index in [2.05, 4.69) is 10.3 Å². The van der Waals surface area contributed by atoms with E-state index in [1.807, 2.05) is 42.6 Å². The van der Waals surface area contributed by atoms with Gasteiger partial charge >= 0.3 is 0 Å². The van der Waals surface area contributed by atoms with Gasteiger partial charge in [0, 0.05) is 36.2 Å². The van der Waals surface area contributed by atoms with E-state index in [1.165, 1.54) is 0 Å². The number of pyridine rings is 1. The minimum atomic E-state index is 0.0144. The van der Waals surface area contributed by atoms with Gasteiger partial charge in [0.15, 0.2) is 0 Å². The lowest BCUT2D eigenvalue weighted by atomic mass is 10.0. The number of rotatable bonds is 5. The van der Waals surface area contributed by atoms with Crippen molar-refractivity contribution in [3.8, 4) is 11.3 Å². The predicted octanol–water partition coefficient (Wildman–Crippen LogP) is 5.27. The number of ether oxygens (including phenoxy) is 1. The second-order valence-electron chi connectivity index (χ2n) is 6.22. The summed E-state index contributed by atoms with van der Waals surface area (Å²) in [4.78, 5) is 4.18. The Morgan fingerprint density at radius 1 is 1.12 bits per heavy atom. The van der Waals surface area contributed by atoms with Crippen LogP contribution in [0.1, 0.15) is 23.8 Å². The molecule has 0 aliphatic carbocycles. The SMILES string of the molecule is Clc1cccc(-c2ccc(CN[C@H]3CCO[C@@H]3c3cccnc3)o2)c1Cl. The molecule has 26 heavy (non-hydrogen) atoms. The zero-order chi connectivity index (χ0) is 17.9. The Bertz CT molecular complexity index is 883. The van der Waals surface area contributed by atoms with Crippen LogP contribution < -0.4 is 5.32 Å². The molecule has 6 heteroatoms. The molecule has 0 unspecified atom stereocenters. The van der Waals surface area contributed by atoms with Crippen molar-refractivity contribution in [2.45, 2.75) is 25.1 Å². The van der Waals surface area contributed by atoms with Gasteiger partial charge < -0.3 is 14.5 Å². The van der Waals surface area contributed by atoms with E-state index in [1.54, 1.807) is 12.3 Å². The van der Waals surface area contributed by atoms with Crippen molar-refractivity contribution < 1.29 is 9.15 Å². The van der Waals surface area contributed by atoms with E-state index >= 15 is 0 Å². The third kappa shape index (κ3) is 3.64. The molecular formula is C20H18Cl2N2O2. The first-order valence-corrected chi connectivity index (χ1v) is 9.26. The van der Waals surface area contributed by atoms with E-state index in [0.29, 0.717) is 22.4 Å². The van der Waals surface area contributed by atoms with E-state index in [9.17, 15) is 0 Å². The van der Waals surface area contributed by atoms with Crippen molar-refractivity contribution in [3.63, 3.8) is 0 Å². The molecule has 2 atom stereocenters. The highest BCUT2D eigenvalue weighted by Crippen LogP contribution is 2.34. The quantitative estimate of drug-likeness (QED) is 0.646. The molecule has 1 saturated heterocycles. The molecule has 0 saturated carbocycles. The summed E-state index contributed by atoms with van der Waals surface area (Å²) in [5, 5.41) is 4.55. The van der Waals surface area contributed by atoms with Crippen LogP contribution in [0.3, 0.4) is 0 Å². The second kappa shape index (κ2) is 7.80. The van der Waals surface area contributed by atoms with Crippen molar-refractivity contribution >= 4 is 23.2 Å². The van der Waals surface area contributed by atoms with Gasteiger partial charge in [-0.15, -0.1) is 0 Å². The van der Waals surface area contributed by atoms with Crippen molar-refractivity contribution in [3.05, 3.63) is 76.2 Å². The maximum absolute atomic E-state index is 6.27. The molecule has 1 N–H and O–H groups in total. The van der Waals surface area contributed by atoms with Crippen LogP contribution in [0.25, 0.3) is 11.3 Å². The summed E-state index contributed by atoms with van der Waals surface area (Å²) in [5.41, 5.74) is 1.89. The number of hydrogen-bond acceptors (Lipinski definition) is 4. The molecule has 1 fully saturated rings. The third-order valence-electron chi connectivity index (χ3n) is 4.52. The lowest BCUT2D eigenvalue weighted by Gasteiger charge is -2.19. The van der Waals surface area contributed by atoms with Gasteiger partial charge in [-0.3, -0.25) is 4.98 Å². The van der Waals surface area contributed by atoms with Crippen LogP contribution in [0.15, 0.2) is 59.3 Å². The zero-order valence-corrected chi connectivity index (χ0v) is 15.5. The Labute approximate surface area is 162 Å². The Morgan fingerprint density at radius 3 is 2.88 bits per heavy atom. The van der Waals surface area contributed by atoms with Crippen LogP contribution in [0.4, 0.5) is 0 Å². The molecule has 0 radical (unpaired) electrons. The number of furan rings is 1. The minimum absolute atomic E-state index is 0.0144. The van der Waals surface area contributed by atoms with Crippen LogP contribution in [0.2, 0.25) is 10.0 Å². The van der Waals surface area contributed by atoms with Gasteiger partial charge in [-0.05, 0) is 36.8 Å². The average Bonchev–Trinajstić information content (AvgIpc) is 3.32. The summed E-state index contributed by atoms with van der Waals surface area (Å²) in [6.07, 6.45) is 4.59. The third-order valence-corrected chi connectivity index (χ3v) is 5.34. The molecule has 0 bridgehead atoms. The van der Waals surface area contributed by atoms with Crippen molar-refractivity contribution in [2.75, 3.05) is 6.61 Å². The van der Waals surface area contributed by atoms with Crippen LogP contribution >= 0.6 is 23.2 Å². The lowest BCUT2D eigenvalue weighted by molar-refractivity contribution is 0.0978. The summed E-state index contributed by atoms with van der Waals surface area (Å²) in [7, 11) is 0. The molecule has 4 nitrogen and oxygen atoms in total. The first kappa shape index (κ1) is 17.6. The number of nitrogens with one attached hydrogen (secondary N) is 1. The Morgan fingerprint density at radius 2 is 2.04 bits per heavy atom. The number of nitrogens with zero attached hydrogens (tertiary/aromatic N) is 1. The van der Waals surface area contributed by atoms with Gasteiger partial charge in [0.25, 0.3) is 0 Å². The summed E-state index contributed by atoms with van der Waals surface area (Å²) < 4.78 is 11.8. The van der Waals surface area contributed by atoms with Gasteiger partial charge in [-0.25, -0.2) is 0 Å². The molecule has 0 amide bonds. The summed E-state index contributed by atoms with van der Waals surface area (Å²) >= 11 is 12.4. The fourth-order valence-corrected chi connectivity index (χ4v) is 3.61. The van der Waals surface area contributed by atoms with Crippen LogP contribution in [-0.2, 0) is 11.3 Å². The number of halogens is 2. The molecule has 1 aliphatic rings. The van der Waals surface area contributed by atoms with Gasteiger partial charge in [0.05, 0.1) is 22.7 Å². The fourth-order valence-electron chi connectivity index (χ4n) is 3.21. The zero-order valence-electron chi connectivity index (χ0n) is 14.0. The highest BCUT2D eigenvalue weighted by molar-refractivity contribution is 6.43. The first-order valence-electron chi connectivity index (χ1n) is 8.50. The smallest absolute Gasteiger partial charge is 0.135 e. The van der Waals surface area contributed by atoms with Crippen LogP contribution in [-0.4, -0.2) is 17.6 Å². The maximum atomic E-state index is 6.27. The first-order chi connectivity index (χ1) is 12.7. The van der Waals surface area contributed by atoms with Crippen molar-refractivity contribution in [1.29, 1.82) is 0 Å². The van der Waals surface area contributed by atoms with E-state index in [4.69, 9.17) is 32.4 Å². The number of hydrogen-bond donors (Lipinski definition) is 1. The Kier molecular flexibility index (Phi) is 5.27. The minimum Gasteiger partial charge on any atom is -0.460 e. The van der Waals surface area contributed by atoms with E-state index in [0.717, 1.165) is 29.9 Å². The topological polar surface area (TPSA) is 47.3 Å². The lowest BCUT2D eigenvalue weighted by Crippen LogP contribution is -2.31. The summed E-state index contributed by atoms with van der Waals surface area (Å²) in [6.45, 7) is 1.35. The number of benzene rings is 1. The Hall–Kier alpha value is -1.85. The molecular weight excluding hydrogens is 371 g/mol. The molecule has 134 valence electrons. The predicted molar refractivity (Wildman–Crippen MR) is 102 cm³/mol. The van der Waals surface area contributed by atoms with Gasteiger partial charge in [0.2, 0.25) is 0 Å². The molecule has 1 aromatic carbocycles. The van der Waals surface area contributed by atoms with Gasteiger partial charge in [-0.1, -0.05) is 35.3 Å². The van der Waals surface area contributed by atoms with Crippen LogP contribution in [0, 0.1) is 0 Å². The molecule has 0 spiro atoms. The monoisotopic (exact) mass is 388 g/mol. The maximum Gasteiger partial charge on any atom is 0.135 e. The van der Waals surface area contributed by atoms with E-state index in [-0.39, 0.29) is 12.1 Å². The Balaban J connectivity index is 1.44. The molecule has 3 heterocycles. The molecule has 3 aromatic rings. The average molecular weight is 389 g/mol. The standard InChI is InChI=1S/C20H18Cl2N2O2/c21-16-5-1-4-15(19(16)22)18-7-6-14(26-18)12-24-17-8-10-25-20(17)13-3-2-9-23-11-13/h1-7,9,11,17,20,24H,8,10,12H2/t17-,20+/m0/s1. The van der Waals surface area contributed by atoms with E-state index < -0.39 is 0 Å². The van der Waals surface area contributed by atoms with Crippen LogP contribution in [0.5, 0.6) is 0 Å². The highest BCUT2D eigenvalue weighted by Gasteiger charge is 2.29. The molecule has 4 rings (SSSR count). The van der Waals surface area contributed by atoms with Gasteiger partial charge in [-0.2, -0.15) is 0 Å². The highest BCUT2D eigenvalue weighted by atomic mass is 35.5. The normalized spacial score (nSPS) is 19.8. The second-order valence-corrected chi connectivity index (χ2v) is 7.01. The summed E-state index contributed by atoms with van der Waals surface area (Å²) in [5.74, 6) is 1.55. The largest absolute Gasteiger partial charge is 0.460 e. The van der Waals surface area contributed by atoms with Crippen molar-refractivity contribution in [2.24, 2.45) is 0 Å². The number of aromatic nitrogens is 1.